The van der Waals surface area contributed by atoms with Gasteiger partial charge in [0, 0.05) is 57.4 Å². The fourth-order valence-electron chi connectivity index (χ4n) is 6.52. The number of hydrazine groups is 1. The third-order valence-corrected chi connectivity index (χ3v) is 8.46. The number of hydrogen-bond donors (Lipinski definition) is 1. The Hall–Kier alpha value is -2.58. The van der Waals surface area contributed by atoms with Crippen molar-refractivity contribution < 1.29 is 4.74 Å². The van der Waals surface area contributed by atoms with Crippen molar-refractivity contribution in [3.8, 4) is 5.75 Å². The number of fused-ring (bicyclic) bond motifs is 2. The second-order valence-electron chi connectivity index (χ2n) is 10.6. The number of nitrogens with one attached hydrogen (secondary N) is 1. The molecule has 0 spiro atoms. The molecule has 6 unspecified atom stereocenters. The minimum absolute atomic E-state index is 0.465. The van der Waals surface area contributed by atoms with Crippen LogP contribution in [0.4, 0.5) is 17.1 Å². The molecule has 2 saturated carbocycles. The van der Waals surface area contributed by atoms with Crippen LogP contribution in [-0.2, 0) is 0 Å². The Kier molecular flexibility index (Phi) is 5.53. The molecule has 2 saturated heterocycles. The van der Waals surface area contributed by atoms with Crippen LogP contribution in [-0.4, -0.2) is 80.5 Å². The molecule has 4 fully saturated rings. The van der Waals surface area contributed by atoms with E-state index in [1.165, 1.54) is 37.1 Å². The maximum Gasteiger partial charge on any atom is 0.139 e. The van der Waals surface area contributed by atoms with Gasteiger partial charge in [-0.3, -0.25) is 9.97 Å². The highest BCUT2D eigenvalue weighted by atomic mass is 16.5. The Morgan fingerprint density at radius 2 is 1.56 bits per heavy atom. The van der Waals surface area contributed by atoms with E-state index in [1.54, 1.807) is 13.3 Å². The van der Waals surface area contributed by atoms with Gasteiger partial charge in [0.05, 0.1) is 49.0 Å². The maximum atomic E-state index is 5.44. The Bertz CT molecular complexity index is 1030. The number of likely N-dealkylation sites (N-methyl/N-ethyl adjacent to an activating group) is 2. The van der Waals surface area contributed by atoms with Gasteiger partial charge >= 0.3 is 0 Å². The lowest BCUT2D eigenvalue weighted by Crippen LogP contribution is -2.47. The number of rotatable bonds is 9. The number of piperidine rings is 2. The highest BCUT2D eigenvalue weighted by Gasteiger charge is 2.53. The predicted molar refractivity (Wildman–Crippen MR) is 136 cm³/mol. The molecule has 4 heterocycles. The van der Waals surface area contributed by atoms with Crippen molar-refractivity contribution in [2.45, 2.75) is 49.9 Å². The van der Waals surface area contributed by atoms with E-state index in [2.05, 4.69) is 68.4 Å². The minimum atomic E-state index is 0.465. The van der Waals surface area contributed by atoms with E-state index >= 15 is 0 Å². The van der Waals surface area contributed by atoms with Gasteiger partial charge in [0.1, 0.15) is 5.75 Å². The molecule has 34 heavy (non-hydrogen) atoms. The van der Waals surface area contributed by atoms with Crippen LogP contribution < -0.4 is 24.9 Å². The third-order valence-electron chi connectivity index (χ3n) is 8.46. The summed E-state index contributed by atoms with van der Waals surface area (Å²) in [6.45, 7) is 1.99. The lowest BCUT2D eigenvalue weighted by molar-refractivity contribution is 0.295. The van der Waals surface area contributed by atoms with Gasteiger partial charge < -0.3 is 24.9 Å². The van der Waals surface area contributed by atoms with Gasteiger partial charge in [0.15, 0.2) is 0 Å². The zero-order valence-corrected chi connectivity index (χ0v) is 20.8. The number of methoxy groups -OCH3 is 1. The molecule has 0 amide bonds. The summed E-state index contributed by atoms with van der Waals surface area (Å²) < 4.78 is 5.44. The summed E-state index contributed by atoms with van der Waals surface area (Å²) in [5, 5.41) is 7.98. The van der Waals surface area contributed by atoms with Crippen LogP contribution in [0.5, 0.6) is 5.75 Å². The second kappa shape index (κ2) is 8.57. The van der Waals surface area contributed by atoms with Gasteiger partial charge in [-0.2, -0.15) is 0 Å². The highest BCUT2D eigenvalue weighted by molar-refractivity contribution is 5.59. The molecule has 6 rings (SSSR count). The van der Waals surface area contributed by atoms with Gasteiger partial charge in [-0.15, -0.1) is 0 Å². The van der Waals surface area contributed by atoms with Crippen LogP contribution in [0.15, 0.2) is 36.9 Å². The van der Waals surface area contributed by atoms with E-state index in [4.69, 9.17) is 4.74 Å². The third kappa shape index (κ3) is 3.86. The highest BCUT2D eigenvalue weighted by Crippen LogP contribution is 2.51. The first kappa shape index (κ1) is 21.9. The van der Waals surface area contributed by atoms with Gasteiger partial charge in [-0.25, -0.2) is 5.01 Å². The van der Waals surface area contributed by atoms with E-state index in [0.717, 1.165) is 36.4 Å². The van der Waals surface area contributed by atoms with Crippen molar-refractivity contribution in [1.82, 2.24) is 20.3 Å². The van der Waals surface area contributed by atoms with E-state index in [0.29, 0.717) is 24.2 Å². The number of aromatic nitrogens is 2. The van der Waals surface area contributed by atoms with Crippen molar-refractivity contribution >= 4 is 17.1 Å². The first-order valence-corrected chi connectivity index (χ1v) is 12.7. The van der Waals surface area contributed by atoms with Crippen LogP contribution in [0.2, 0.25) is 0 Å². The molecule has 6 atom stereocenters. The zero-order chi connectivity index (χ0) is 23.4. The molecule has 4 aliphatic rings. The van der Waals surface area contributed by atoms with E-state index in [1.807, 2.05) is 18.6 Å². The smallest absolute Gasteiger partial charge is 0.139 e. The average molecular weight is 464 g/mol. The van der Waals surface area contributed by atoms with Crippen LogP contribution >= 0.6 is 0 Å². The van der Waals surface area contributed by atoms with E-state index in [-0.39, 0.29) is 0 Å². The second-order valence-corrected chi connectivity index (χ2v) is 10.6. The normalized spacial score (nSPS) is 31.0. The Labute approximate surface area is 202 Å². The fourth-order valence-corrected chi connectivity index (χ4v) is 6.52. The molecular formula is C26H37N7O. The van der Waals surface area contributed by atoms with E-state index in [9.17, 15) is 0 Å². The molecule has 2 aliphatic heterocycles. The van der Waals surface area contributed by atoms with Crippen LogP contribution in [0.25, 0.3) is 0 Å². The first-order chi connectivity index (χ1) is 16.6. The molecular weight excluding hydrogens is 426 g/mol. The summed E-state index contributed by atoms with van der Waals surface area (Å²) >= 11 is 0. The zero-order valence-electron chi connectivity index (χ0n) is 20.8. The van der Waals surface area contributed by atoms with Gasteiger partial charge in [0.25, 0.3) is 0 Å². The molecule has 0 radical (unpaired) electrons. The van der Waals surface area contributed by atoms with Crippen molar-refractivity contribution in [2.24, 2.45) is 11.8 Å². The number of pyridine rings is 2. The van der Waals surface area contributed by atoms with Crippen LogP contribution in [0.1, 0.15) is 25.7 Å². The molecule has 182 valence electrons. The molecule has 2 aliphatic carbocycles. The quantitative estimate of drug-likeness (QED) is 0.570. The summed E-state index contributed by atoms with van der Waals surface area (Å²) in [5.74, 6) is 2.50. The molecule has 0 aromatic carbocycles. The van der Waals surface area contributed by atoms with Crippen molar-refractivity contribution in [3.63, 3.8) is 0 Å². The summed E-state index contributed by atoms with van der Waals surface area (Å²) in [5.41, 5.74) is 3.58. The molecule has 2 aromatic rings. The summed E-state index contributed by atoms with van der Waals surface area (Å²) in [4.78, 5) is 14.3. The molecule has 8 nitrogen and oxygen atoms in total. The predicted octanol–water partition coefficient (Wildman–Crippen LogP) is 2.62. The number of hydrogen-bond acceptors (Lipinski definition) is 8. The Morgan fingerprint density at radius 1 is 0.912 bits per heavy atom. The topological polar surface area (TPSA) is 60.0 Å². The van der Waals surface area contributed by atoms with Crippen molar-refractivity contribution in [1.29, 1.82) is 0 Å². The number of anilines is 3. The molecule has 0 bridgehead atoms. The number of nitrogens with zero attached hydrogens (tertiary/aromatic N) is 6. The van der Waals surface area contributed by atoms with Crippen molar-refractivity contribution in [3.05, 3.63) is 36.9 Å². The first-order valence-electron chi connectivity index (χ1n) is 12.7. The van der Waals surface area contributed by atoms with Crippen LogP contribution in [0, 0.1) is 11.8 Å². The average Bonchev–Trinajstić information content (AvgIpc) is 3.73. The van der Waals surface area contributed by atoms with Gasteiger partial charge in [-0.05, 0) is 50.6 Å². The molecule has 1 N–H and O–H groups in total. The lowest BCUT2D eigenvalue weighted by Gasteiger charge is -2.37. The monoisotopic (exact) mass is 463 g/mol. The fraction of sp³-hybridized carbons (Fsp3) is 0.615. The summed E-state index contributed by atoms with van der Waals surface area (Å²) in [7, 11) is 8.11. The Balaban J connectivity index is 1.17. The largest absolute Gasteiger partial charge is 0.495 e. The summed E-state index contributed by atoms with van der Waals surface area (Å²) in [6, 6.07) is 6.83. The van der Waals surface area contributed by atoms with E-state index < -0.39 is 0 Å². The number of ether oxygens (including phenoxy) is 1. The van der Waals surface area contributed by atoms with Crippen molar-refractivity contribution in [2.75, 3.05) is 56.2 Å². The van der Waals surface area contributed by atoms with Gasteiger partial charge in [-0.1, -0.05) is 0 Å². The Morgan fingerprint density at radius 3 is 2.26 bits per heavy atom. The standard InChI is InChI=1S/C26H37N7O/c1-27-11-20-5-17-7-25(17)32(20)21-9-19(12-28-13-21)31(3)30(2)16-23-6-18-8-26(18)33(23)22-10-24(34-4)15-29-14-22/h9-10,12-15,17-18,20,23,25-27H,5-8,11,16H2,1-4H3. The summed E-state index contributed by atoms with van der Waals surface area (Å²) in [6.07, 6.45) is 13.0. The lowest BCUT2D eigenvalue weighted by atomic mass is 10.1. The molecule has 2 aromatic heterocycles. The molecule has 8 heteroatoms. The maximum absolute atomic E-state index is 5.44. The SMILES string of the molecule is CNCC1CC2CC2N1c1cncc(N(C)N(C)CC2CC3CC3N2c2cncc(OC)c2)c1. The minimum Gasteiger partial charge on any atom is -0.495 e. The van der Waals surface area contributed by atoms with Gasteiger partial charge in [0.2, 0.25) is 0 Å². The van der Waals surface area contributed by atoms with Crippen LogP contribution in [0.3, 0.4) is 0 Å².